The van der Waals surface area contributed by atoms with Crippen molar-refractivity contribution in [1.29, 1.82) is 0 Å². The summed E-state index contributed by atoms with van der Waals surface area (Å²) in [4.78, 5) is 30.4. The SMILES string of the molecule is O=C(Nc1cccc(Cl)c1Cl)C1CC(=O)N(Cc2ccccn2)C1. The maximum atomic E-state index is 12.4. The molecule has 1 saturated heterocycles. The molecule has 1 aliphatic heterocycles. The minimum atomic E-state index is -0.420. The molecule has 1 aliphatic rings. The molecule has 0 radical (unpaired) electrons. The van der Waals surface area contributed by atoms with Crippen LogP contribution in [-0.2, 0) is 16.1 Å². The lowest BCUT2D eigenvalue weighted by molar-refractivity contribution is -0.128. The zero-order valence-corrected chi connectivity index (χ0v) is 14.2. The molecule has 0 saturated carbocycles. The number of likely N-dealkylation sites (tertiary alicyclic amines) is 1. The van der Waals surface area contributed by atoms with E-state index >= 15 is 0 Å². The Hall–Kier alpha value is -2.11. The molecule has 124 valence electrons. The summed E-state index contributed by atoms with van der Waals surface area (Å²) in [7, 11) is 0. The standard InChI is InChI=1S/C17H15Cl2N3O2/c18-13-5-3-6-14(16(13)19)21-17(24)11-8-15(23)22(9-11)10-12-4-1-2-7-20-12/h1-7,11H,8-10H2,(H,21,24). The van der Waals surface area contributed by atoms with Gasteiger partial charge in [-0.15, -0.1) is 0 Å². The Bertz CT molecular complexity index is 768. The number of benzene rings is 1. The molecule has 1 aromatic carbocycles. The third kappa shape index (κ3) is 3.68. The second-order valence-corrected chi connectivity index (χ2v) is 6.37. The van der Waals surface area contributed by atoms with Crippen molar-refractivity contribution in [1.82, 2.24) is 9.88 Å². The Labute approximate surface area is 149 Å². The van der Waals surface area contributed by atoms with Crippen molar-refractivity contribution >= 4 is 40.7 Å². The summed E-state index contributed by atoms with van der Waals surface area (Å²) in [5, 5.41) is 3.41. The van der Waals surface area contributed by atoms with Crippen LogP contribution >= 0.6 is 23.2 Å². The fourth-order valence-electron chi connectivity index (χ4n) is 2.62. The van der Waals surface area contributed by atoms with Crippen LogP contribution in [0.4, 0.5) is 5.69 Å². The van der Waals surface area contributed by atoms with Gasteiger partial charge in [0, 0.05) is 19.2 Å². The summed E-state index contributed by atoms with van der Waals surface area (Å²) in [6, 6.07) is 10.6. The van der Waals surface area contributed by atoms with E-state index in [0.717, 1.165) is 5.69 Å². The number of rotatable bonds is 4. The minimum absolute atomic E-state index is 0.0574. The van der Waals surface area contributed by atoms with Crippen LogP contribution in [0, 0.1) is 5.92 Å². The predicted octanol–water partition coefficient (Wildman–Crippen LogP) is 3.38. The molecule has 1 unspecified atom stereocenters. The maximum absolute atomic E-state index is 12.4. The number of pyridine rings is 1. The number of hydrogen-bond acceptors (Lipinski definition) is 3. The molecule has 0 aliphatic carbocycles. The third-order valence-corrected chi connectivity index (χ3v) is 4.69. The molecule has 0 spiro atoms. The first-order valence-electron chi connectivity index (χ1n) is 7.47. The third-order valence-electron chi connectivity index (χ3n) is 3.87. The first-order valence-corrected chi connectivity index (χ1v) is 8.22. The molecule has 3 rings (SSSR count). The smallest absolute Gasteiger partial charge is 0.229 e. The number of anilines is 1. The molecular formula is C17H15Cl2N3O2. The number of carbonyl (C=O) groups is 2. The topological polar surface area (TPSA) is 62.3 Å². The van der Waals surface area contributed by atoms with Gasteiger partial charge in [0.25, 0.3) is 0 Å². The highest BCUT2D eigenvalue weighted by Crippen LogP contribution is 2.30. The molecule has 2 aromatic rings. The molecule has 0 bridgehead atoms. The summed E-state index contributed by atoms with van der Waals surface area (Å²) < 4.78 is 0. The number of carbonyl (C=O) groups excluding carboxylic acids is 2. The molecule has 2 amide bonds. The van der Waals surface area contributed by atoms with Gasteiger partial charge in [-0.1, -0.05) is 35.3 Å². The van der Waals surface area contributed by atoms with Crippen molar-refractivity contribution in [2.24, 2.45) is 5.92 Å². The lowest BCUT2D eigenvalue weighted by Crippen LogP contribution is -2.28. The van der Waals surface area contributed by atoms with Gasteiger partial charge >= 0.3 is 0 Å². The van der Waals surface area contributed by atoms with Gasteiger partial charge in [0.05, 0.1) is 33.9 Å². The van der Waals surface area contributed by atoms with E-state index in [-0.39, 0.29) is 18.2 Å². The number of nitrogens with one attached hydrogen (secondary N) is 1. The fraction of sp³-hybridized carbons (Fsp3) is 0.235. The Kier molecular flexibility index (Phi) is 5.02. The monoisotopic (exact) mass is 363 g/mol. The lowest BCUT2D eigenvalue weighted by Gasteiger charge is -2.16. The minimum Gasteiger partial charge on any atom is -0.336 e. The van der Waals surface area contributed by atoms with E-state index in [1.54, 1.807) is 29.3 Å². The first kappa shape index (κ1) is 16.7. The van der Waals surface area contributed by atoms with Crippen molar-refractivity contribution in [3.05, 3.63) is 58.3 Å². The van der Waals surface area contributed by atoms with Crippen LogP contribution in [0.5, 0.6) is 0 Å². The van der Waals surface area contributed by atoms with Gasteiger partial charge in [0.2, 0.25) is 11.8 Å². The average Bonchev–Trinajstić information content (AvgIpc) is 2.94. The molecule has 1 N–H and O–H groups in total. The molecule has 1 aromatic heterocycles. The van der Waals surface area contributed by atoms with Gasteiger partial charge < -0.3 is 10.2 Å². The second-order valence-electron chi connectivity index (χ2n) is 5.59. The van der Waals surface area contributed by atoms with Crippen LogP contribution in [0.2, 0.25) is 10.0 Å². The number of aromatic nitrogens is 1. The average molecular weight is 364 g/mol. The quantitative estimate of drug-likeness (QED) is 0.905. The van der Waals surface area contributed by atoms with E-state index < -0.39 is 5.92 Å². The summed E-state index contributed by atoms with van der Waals surface area (Å²) in [5.74, 6) is -0.717. The Morgan fingerprint density at radius 1 is 1.25 bits per heavy atom. The number of amides is 2. The van der Waals surface area contributed by atoms with Crippen LogP contribution in [0.3, 0.4) is 0 Å². The summed E-state index contributed by atoms with van der Waals surface area (Å²) in [5.41, 5.74) is 1.24. The van der Waals surface area contributed by atoms with Crippen molar-refractivity contribution in [2.75, 3.05) is 11.9 Å². The summed E-state index contributed by atoms with van der Waals surface area (Å²) >= 11 is 12.0. The van der Waals surface area contributed by atoms with Crippen LogP contribution in [0.15, 0.2) is 42.6 Å². The van der Waals surface area contributed by atoms with Crippen molar-refractivity contribution in [3.8, 4) is 0 Å². The Morgan fingerprint density at radius 3 is 2.83 bits per heavy atom. The molecule has 2 heterocycles. The number of nitrogens with zero attached hydrogens (tertiary/aromatic N) is 2. The van der Waals surface area contributed by atoms with E-state index in [1.165, 1.54) is 0 Å². The molecule has 24 heavy (non-hydrogen) atoms. The molecule has 1 fully saturated rings. The van der Waals surface area contributed by atoms with E-state index in [4.69, 9.17) is 23.2 Å². The zero-order chi connectivity index (χ0) is 17.1. The van der Waals surface area contributed by atoms with Gasteiger partial charge in [0.1, 0.15) is 0 Å². The Balaban J connectivity index is 1.64. The van der Waals surface area contributed by atoms with Gasteiger partial charge in [-0.3, -0.25) is 14.6 Å². The van der Waals surface area contributed by atoms with E-state index in [1.807, 2.05) is 18.2 Å². The van der Waals surface area contributed by atoms with Gasteiger partial charge in [-0.05, 0) is 24.3 Å². The van der Waals surface area contributed by atoms with Gasteiger partial charge in [-0.2, -0.15) is 0 Å². The van der Waals surface area contributed by atoms with Crippen LogP contribution in [-0.4, -0.2) is 28.2 Å². The normalized spacial score (nSPS) is 17.2. The number of halogens is 2. The van der Waals surface area contributed by atoms with Crippen molar-refractivity contribution < 1.29 is 9.59 Å². The van der Waals surface area contributed by atoms with Crippen LogP contribution in [0.1, 0.15) is 12.1 Å². The first-order chi connectivity index (χ1) is 11.5. The largest absolute Gasteiger partial charge is 0.336 e. The lowest BCUT2D eigenvalue weighted by atomic mass is 10.1. The molecule has 5 nitrogen and oxygen atoms in total. The van der Waals surface area contributed by atoms with E-state index in [9.17, 15) is 9.59 Å². The van der Waals surface area contributed by atoms with E-state index in [2.05, 4.69) is 10.3 Å². The molecular weight excluding hydrogens is 349 g/mol. The highest BCUT2D eigenvalue weighted by atomic mass is 35.5. The molecule has 7 heteroatoms. The highest BCUT2D eigenvalue weighted by Gasteiger charge is 2.34. The van der Waals surface area contributed by atoms with E-state index in [0.29, 0.717) is 28.8 Å². The Morgan fingerprint density at radius 2 is 2.08 bits per heavy atom. The van der Waals surface area contributed by atoms with Gasteiger partial charge in [-0.25, -0.2) is 0 Å². The summed E-state index contributed by atoms with van der Waals surface area (Å²) in [6.07, 6.45) is 1.86. The summed E-state index contributed by atoms with van der Waals surface area (Å²) in [6.45, 7) is 0.765. The highest BCUT2D eigenvalue weighted by molar-refractivity contribution is 6.44. The second kappa shape index (κ2) is 7.20. The van der Waals surface area contributed by atoms with Crippen LogP contribution < -0.4 is 5.32 Å². The van der Waals surface area contributed by atoms with Crippen molar-refractivity contribution in [3.63, 3.8) is 0 Å². The fourth-order valence-corrected chi connectivity index (χ4v) is 2.97. The molecule has 1 atom stereocenters. The van der Waals surface area contributed by atoms with Crippen molar-refractivity contribution in [2.45, 2.75) is 13.0 Å². The van der Waals surface area contributed by atoms with Crippen LogP contribution in [0.25, 0.3) is 0 Å². The predicted molar refractivity (Wildman–Crippen MR) is 92.9 cm³/mol. The van der Waals surface area contributed by atoms with Gasteiger partial charge in [0.15, 0.2) is 0 Å². The maximum Gasteiger partial charge on any atom is 0.229 e. The zero-order valence-electron chi connectivity index (χ0n) is 12.7. The number of hydrogen-bond donors (Lipinski definition) is 1.